The SMILES string of the molecule is C=CC(=O)CCCNC(=O)NCCC(=O)OC1C(=O)CCC1=O. The van der Waals surface area contributed by atoms with Crippen molar-refractivity contribution in [2.24, 2.45) is 0 Å². The van der Waals surface area contributed by atoms with Crippen LogP contribution in [0.1, 0.15) is 32.1 Å². The smallest absolute Gasteiger partial charge is 0.314 e. The van der Waals surface area contributed by atoms with E-state index in [1.54, 1.807) is 0 Å². The fourth-order valence-corrected chi connectivity index (χ4v) is 1.92. The average Bonchev–Trinajstić information content (AvgIpc) is 2.83. The van der Waals surface area contributed by atoms with E-state index in [-0.39, 0.29) is 43.2 Å². The minimum atomic E-state index is -1.28. The predicted octanol–water partition coefficient (Wildman–Crippen LogP) is 0.0548. The number of carbonyl (C=O) groups excluding carboxylic acids is 5. The Labute approximate surface area is 133 Å². The van der Waals surface area contributed by atoms with Gasteiger partial charge in [-0.15, -0.1) is 0 Å². The zero-order valence-electron chi connectivity index (χ0n) is 12.8. The fourth-order valence-electron chi connectivity index (χ4n) is 1.92. The molecule has 0 unspecified atom stereocenters. The number of hydrogen-bond acceptors (Lipinski definition) is 6. The number of ketones is 3. The van der Waals surface area contributed by atoms with Gasteiger partial charge in [-0.05, 0) is 12.5 Å². The summed E-state index contributed by atoms with van der Waals surface area (Å²) in [6, 6.07) is -0.475. The van der Waals surface area contributed by atoms with Crippen LogP contribution in [0, 0.1) is 0 Å². The lowest BCUT2D eigenvalue weighted by molar-refractivity contribution is -0.157. The topological polar surface area (TPSA) is 119 Å². The number of carbonyl (C=O) groups is 5. The van der Waals surface area contributed by atoms with Crippen LogP contribution in [0.4, 0.5) is 4.79 Å². The molecule has 1 rings (SSSR count). The third-order valence-corrected chi connectivity index (χ3v) is 3.18. The van der Waals surface area contributed by atoms with Crippen molar-refractivity contribution in [3.05, 3.63) is 12.7 Å². The first-order chi connectivity index (χ1) is 10.9. The van der Waals surface area contributed by atoms with Crippen molar-refractivity contribution in [1.29, 1.82) is 0 Å². The lowest BCUT2D eigenvalue weighted by atomic mass is 10.2. The number of hydrogen-bond donors (Lipinski definition) is 2. The summed E-state index contributed by atoms with van der Waals surface area (Å²) in [6.45, 7) is 3.68. The minimum Gasteiger partial charge on any atom is -0.446 e. The lowest BCUT2D eigenvalue weighted by Gasteiger charge is -2.10. The Morgan fingerprint density at radius 3 is 2.30 bits per heavy atom. The van der Waals surface area contributed by atoms with E-state index in [0.29, 0.717) is 19.4 Å². The van der Waals surface area contributed by atoms with Gasteiger partial charge < -0.3 is 15.4 Å². The molecule has 1 fully saturated rings. The standard InChI is InChI=1S/C15H20N2O6/c1-2-10(18)4-3-8-16-15(22)17-9-7-13(21)23-14-11(19)5-6-12(14)20/h2,14H,1,3-9H2,(H2,16,17,22). The summed E-state index contributed by atoms with van der Waals surface area (Å²) in [4.78, 5) is 56.5. The average molecular weight is 324 g/mol. The van der Waals surface area contributed by atoms with Crippen LogP contribution < -0.4 is 10.6 Å². The van der Waals surface area contributed by atoms with E-state index in [0.717, 1.165) is 0 Å². The first-order valence-corrected chi connectivity index (χ1v) is 7.36. The van der Waals surface area contributed by atoms with Gasteiger partial charge in [-0.3, -0.25) is 19.2 Å². The van der Waals surface area contributed by atoms with E-state index in [4.69, 9.17) is 4.74 Å². The molecule has 0 aromatic heterocycles. The summed E-state index contributed by atoms with van der Waals surface area (Å²) in [5.74, 6) is -1.58. The maximum atomic E-state index is 11.5. The van der Waals surface area contributed by atoms with Crippen molar-refractivity contribution >= 4 is 29.4 Å². The number of Topliss-reactive ketones (excluding diaryl/α,β-unsaturated/α-hetero) is 2. The second-order valence-electron chi connectivity index (χ2n) is 5.01. The molecule has 0 spiro atoms. The molecule has 1 aliphatic rings. The second-order valence-corrected chi connectivity index (χ2v) is 5.01. The van der Waals surface area contributed by atoms with Gasteiger partial charge in [0.05, 0.1) is 6.42 Å². The molecule has 0 aromatic carbocycles. The number of esters is 1. The van der Waals surface area contributed by atoms with Crippen LogP contribution in [0.2, 0.25) is 0 Å². The van der Waals surface area contributed by atoms with Crippen molar-refractivity contribution in [2.45, 2.75) is 38.2 Å². The Hall–Kier alpha value is -2.51. The summed E-state index contributed by atoms with van der Waals surface area (Å²) in [7, 11) is 0. The van der Waals surface area contributed by atoms with E-state index in [9.17, 15) is 24.0 Å². The largest absolute Gasteiger partial charge is 0.446 e. The Bertz CT molecular complexity index is 498. The maximum Gasteiger partial charge on any atom is 0.314 e. The normalized spacial score (nSPS) is 14.4. The minimum absolute atomic E-state index is 0.0192. The molecular weight excluding hydrogens is 304 g/mol. The molecule has 126 valence electrons. The number of urea groups is 1. The van der Waals surface area contributed by atoms with Crippen LogP contribution in [0.5, 0.6) is 0 Å². The highest BCUT2D eigenvalue weighted by molar-refractivity contribution is 6.12. The number of rotatable bonds is 9. The van der Waals surface area contributed by atoms with Crippen molar-refractivity contribution < 1.29 is 28.7 Å². The molecule has 0 saturated heterocycles. The molecule has 0 bridgehead atoms. The Morgan fingerprint density at radius 2 is 1.70 bits per heavy atom. The van der Waals surface area contributed by atoms with Gasteiger partial charge in [0.15, 0.2) is 17.3 Å². The van der Waals surface area contributed by atoms with Gasteiger partial charge in [-0.25, -0.2) is 4.79 Å². The third kappa shape index (κ3) is 6.86. The van der Waals surface area contributed by atoms with Crippen LogP contribution in [0.15, 0.2) is 12.7 Å². The fraction of sp³-hybridized carbons (Fsp3) is 0.533. The molecule has 1 aliphatic carbocycles. The zero-order valence-corrected chi connectivity index (χ0v) is 12.8. The summed E-state index contributed by atoms with van der Waals surface area (Å²) in [6.07, 6.45) is 0.813. The Morgan fingerprint density at radius 1 is 1.09 bits per heavy atom. The number of allylic oxidation sites excluding steroid dienone is 1. The third-order valence-electron chi connectivity index (χ3n) is 3.18. The van der Waals surface area contributed by atoms with Crippen molar-refractivity contribution in [1.82, 2.24) is 10.6 Å². The summed E-state index contributed by atoms with van der Waals surface area (Å²) in [5.41, 5.74) is 0. The van der Waals surface area contributed by atoms with Crippen molar-refractivity contribution in [2.75, 3.05) is 13.1 Å². The molecule has 0 radical (unpaired) electrons. The van der Waals surface area contributed by atoms with Crippen LogP contribution >= 0.6 is 0 Å². The van der Waals surface area contributed by atoms with E-state index >= 15 is 0 Å². The molecule has 0 atom stereocenters. The molecule has 2 amide bonds. The van der Waals surface area contributed by atoms with Crippen molar-refractivity contribution in [3.63, 3.8) is 0 Å². The van der Waals surface area contributed by atoms with Crippen LogP contribution in [-0.2, 0) is 23.9 Å². The Kier molecular flexibility index (Phi) is 7.65. The van der Waals surface area contributed by atoms with Crippen LogP contribution in [0.3, 0.4) is 0 Å². The van der Waals surface area contributed by atoms with Crippen LogP contribution in [-0.4, -0.2) is 48.5 Å². The molecule has 0 aliphatic heterocycles. The second kappa shape index (κ2) is 9.50. The first-order valence-electron chi connectivity index (χ1n) is 7.36. The van der Waals surface area contributed by atoms with Crippen LogP contribution in [0.25, 0.3) is 0 Å². The first kappa shape index (κ1) is 18.5. The summed E-state index contributed by atoms with van der Waals surface area (Å²) < 4.78 is 4.80. The Balaban J connectivity index is 2.11. The predicted molar refractivity (Wildman–Crippen MR) is 79.6 cm³/mol. The van der Waals surface area contributed by atoms with E-state index in [1.165, 1.54) is 6.08 Å². The quantitative estimate of drug-likeness (QED) is 0.268. The molecule has 0 aromatic rings. The molecule has 8 heteroatoms. The number of nitrogens with one attached hydrogen (secondary N) is 2. The lowest BCUT2D eigenvalue weighted by Crippen LogP contribution is -2.38. The number of ether oxygens (including phenoxy) is 1. The van der Waals surface area contributed by atoms with Gasteiger partial charge in [-0.2, -0.15) is 0 Å². The van der Waals surface area contributed by atoms with E-state index in [1.807, 2.05) is 0 Å². The summed E-state index contributed by atoms with van der Waals surface area (Å²) >= 11 is 0. The van der Waals surface area contributed by atoms with Gasteiger partial charge in [0.1, 0.15) is 0 Å². The van der Waals surface area contributed by atoms with E-state index < -0.39 is 18.1 Å². The maximum absolute atomic E-state index is 11.5. The van der Waals surface area contributed by atoms with Gasteiger partial charge >= 0.3 is 12.0 Å². The highest BCUT2D eigenvalue weighted by Gasteiger charge is 2.35. The van der Waals surface area contributed by atoms with Crippen molar-refractivity contribution in [3.8, 4) is 0 Å². The molecule has 1 saturated carbocycles. The molecule has 0 heterocycles. The van der Waals surface area contributed by atoms with Gasteiger partial charge in [-0.1, -0.05) is 6.58 Å². The molecular formula is C15H20N2O6. The molecule has 8 nitrogen and oxygen atoms in total. The zero-order chi connectivity index (χ0) is 17.2. The van der Waals surface area contributed by atoms with Gasteiger partial charge in [0.2, 0.25) is 6.10 Å². The molecule has 23 heavy (non-hydrogen) atoms. The van der Waals surface area contributed by atoms with Gasteiger partial charge in [0.25, 0.3) is 0 Å². The highest BCUT2D eigenvalue weighted by Crippen LogP contribution is 2.14. The van der Waals surface area contributed by atoms with E-state index in [2.05, 4.69) is 17.2 Å². The summed E-state index contributed by atoms with van der Waals surface area (Å²) in [5, 5.41) is 4.96. The van der Waals surface area contributed by atoms with Gasteiger partial charge in [0, 0.05) is 32.4 Å². The highest BCUT2D eigenvalue weighted by atomic mass is 16.6. The number of amides is 2. The monoisotopic (exact) mass is 324 g/mol. The molecule has 2 N–H and O–H groups in total.